The van der Waals surface area contributed by atoms with Crippen molar-refractivity contribution in [3.05, 3.63) is 23.8 Å². The number of hydrogen-bond acceptors (Lipinski definition) is 5. The van der Waals surface area contributed by atoms with E-state index in [1.54, 1.807) is 0 Å². The summed E-state index contributed by atoms with van der Waals surface area (Å²) in [5.41, 5.74) is 0.551. The van der Waals surface area contributed by atoms with Crippen LogP contribution < -0.4 is 14.8 Å². The zero-order valence-corrected chi connectivity index (χ0v) is 13.1. The molecule has 0 saturated heterocycles. The van der Waals surface area contributed by atoms with Gasteiger partial charge in [0.1, 0.15) is 0 Å². The zero-order valence-electron chi connectivity index (χ0n) is 13.1. The number of nitrogens with zero attached hydrogens (tertiary/aromatic N) is 1. The number of carbonyl (C=O) groups is 1. The summed E-state index contributed by atoms with van der Waals surface area (Å²) in [6.45, 7) is -0.494. The van der Waals surface area contributed by atoms with Crippen LogP contribution in [0.3, 0.4) is 0 Å². The molecule has 0 atom stereocenters. The molecule has 0 aliphatic heterocycles. The minimum absolute atomic E-state index is 0.0733. The topological polar surface area (TPSA) is 69.2 Å². The number of halogens is 2. The Morgan fingerprint density at radius 2 is 2.17 bits per heavy atom. The molecule has 0 saturated carbocycles. The van der Waals surface area contributed by atoms with Crippen molar-refractivity contribution < 1.29 is 27.9 Å². The van der Waals surface area contributed by atoms with Crippen molar-refractivity contribution in [3.63, 3.8) is 0 Å². The van der Waals surface area contributed by atoms with Gasteiger partial charge in [-0.2, -0.15) is 8.78 Å². The van der Waals surface area contributed by atoms with E-state index in [-0.39, 0.29) is 24.0 Å². The van der Waals surface area contributed by atoms with E-state index in [1.807, 2.05) is 6.92 Å². The smallest absolute Gasteiger partial charge is 0.387 e. The Bertz CT molecular complexity index is 524. The molecule has 1 aromatic rings. The lowest BCUT2D eigenvalue weighted by molar-refractivity contribution is -0.125. The second-order valence-electron chi connectivity index (χ2n) is 4.50. The monoisotopic (exact) mass is 330 g/mol. The van der Waals surface area contributed by atoms with Gasteiger partial charge in [-0.05, 0) is 24.6 Å². The highest BCUT2D eigenvalue weighted by Gasteiger charge is 2.10. The van der Waals surface area contributed by atoms with Gasteiger partial charge in [-0.3, -0.25) is 4.79 Å². The first-order chi connectivity index (χ1) is 11.1. The number of rotatable bonds is 10. The first-order valence-electron chi connectivity index (χ1n) is 7.11. The van der Waals surface area contributed by atoms with E-state index in [2.05, 4.69) is 15.2 Å². The zero-order chi connectivity index (χ0) is 17.1. The molecule has 1 amide bonds. The van der Waals surface area contributed by atoms with Crippen LogP contribution >= 0.6 is 0 Å². The van der Waals surface area contributed by atoms with Crippen LogP contribution in [0.15, 0.2) is 23.4 Å². The van der Waals surface area contributed by atoms with E-state index in [1.165, 1.54) is 31.5 Å². The third-order valence-electron chi connectivity index (χ3n) is 2.73. The van der Waals surface area contributed by atoms with Crippen LogP contribution in [0, 0.1) is 0 Å². The summed E-state index contributed by atoms with van der Waals surface area (Å²) in [4.78, 5) is 16.2. The number of nitrogens with one attached hydrogen (secondary N) is 1. The Kier molecular flexibility index (Phi) is 8.41. The number of alkyl halides is 2. The summed E-state index contributed by atoms with van der Waals surface area (Å²) in [6.07, 6.45) is 3.24. The Labute approximate surface area is 133 Å². The summed E-state index contributed by atoms with van der Waals surface area (Å²) in [7, 11) is 1.34. The molecule has 0 aliphatic rings. The summed E-state index contributed by atoms with van der Waals surface area (Å²) < 4.78 is 33.7. The molecule has 0 unspecified atom stereocenters. The van der Waals surface area contributed by atoms with E-state index >= 15 is 0 Å². The number of ether oxygens (including phenoxy) is 2. The third kappa shape index (κ3) is 7.44. The number of methoxy groups -OCH3 is 1. The van der Waals surface area contributed by atoms with Gasteiger partial charge in [0.05, 0.1) is 13.3 Å². The SMILES string of the molecule is CCCCNC(=O)CO/N=C/c1ccc(OC(F)F)c(OC)c1. The van der Waals surface area contributed by atoms with Gasteiger partial charge in [0, 0.05) is 12.1 Å². The van der Waals surface area contributed by atoms with Gasteiger partial charge < -0.3 is 19.6 Å². The van der Waals surface area contributed by atoms with E-state index in [4.69, 9.17) is 9.57 Å². The van der Waals surface area contributed by atoms with Crippen molar-refractivity contribution in [1.82, 2.24) is 5.32 Å². The van der Waals surface area contributed by atoms with Crippen molar-refractivity contribution in [2.75, 3.05) is 20.3 Å². The molecule has 0 radical (unpaired) electrons. The molecule has 0 fully saturated rings. The van der Waals surface area contributed by atoms with Crippen molar-refractivity contribution >= 4 is 12.1 Å². The summed E-state index contributed by atoms with van der Waals surface area (Å²) >= 11 is 0. The molecule has 6 nitrogen and oxygen atoms in total. The molecule has 23 heavy (non-hydrogen) atoms. The van der Waals surface area contributed by atoms with Crippen molar-refractivity contribution in [3.8, 4) is 11.5 Å². The van der Waals surface area contributed by atoms with E-state index in [9.17, 15) is 13.6 Å². The van der Waals surface area contributed by atoms with Gasteiger partial charge >= 0.3 is 6.61 Å². The lowest BCUT2D eigenvalue weighted by Crippen LogP contribution is -2.27. The molecule has 1 rings (SSSR count). The third-order valence-corrected chi connectivity index (χ3v) is 2.73. The van der Waals surface area contributed by atoms with Gasteiger partial charge in [0.25, 0.3) is 5.91 Å². The highest BCUT2D eigenvalue weighted by atomic mass is 19.3. The van der Waals surface area contributed by atoms with Crippen molar-refractivity contribution in [2.24, 2.45) is 5.16 Å². The summed E-state index contributed by atoms with van der Waals surface area (Å²) in [6, 6.07) is 4.31. The summed E-state index contributed by atoms with van der Waals surface area (Å²) in [5.74, 6) is -0.184. The first kappa shape index (κ1) is 18.7. The van der Waals surface area contributed by atoms with Crippen LogP contribution in [0.4, 0.5) is 8.78 Å². The van der Waals surface area contributed by atoms with Crippen LogP contribution in [0.2, 0.25) is 0 Å². The molecule has 0 aromatic heterocycles. The van der Waals surface area contributed by atoms with Gasteiger partial charge in [0.2, 0.25) is 0 Å². The number of hydrogen-bond donors (Lipinski definition) is 1. The molecule has 0 bridgehead atoms. The van der Waals surface area contributed by atoms with Crippen LogP contribution in [0.1, 0.15) is 25.3 Å². The normalized spacial score (nSPS) is 10.8. The first-order valence-corrected chi connectivity index (χ1v) is 7.11. The van der Waals surface area contributed by atoms with Gasteiger partial charge in [-0.15, -0.1) is 0 Å². The van der Waals surface area contributed by atoms with Gasteiger partial charge in [0.15, 0.2) is 18.1 Å². The van der Waals surface area contributed by atoms with E-state index in [0.29, 0.717) is 12.1 Å². The molecular formula is C15H20F2N2O4. The lowest BCUT2D eigenvalue weighted by Gasteiger charge is -2.09. The molecule has 128 valence electrons. The van der Waals surface area contributed by atoms with E-state index < -0.39 is 6.61 Å². The maximum absolute atomic E-state index is 12.2. The average Bonchev–Trinajstić information content (AvgIpc) is 2.52. The number of amides is 1. The van der Waals surface area contributed by atoms with Crippen LogP contribution in [-0.2, 0) is 9.63 Å². The van der Waals surface area contributed by atoms with Crippen LogP contribution in [0.25, 0.3) is 0 Å². The molecule has 1 aromatic carbocycles. The van der Waals surface area contributed by atoms with Gasteiger partial charge in [-0.1, -0.05) is 18.5 Å². The predicted molar refractivity (Wildman–Crippen MR) is 81.1 cm³/mol. The minimum atomic E-state index is -2.93. The lowest BCUT2D eigenvalue weighted by atomic mass is 10.2. The maximum Gasteiger partial charge on any atom is 0.387 e. The van der Waals surface area contributed by atoms with E-state index in [0.717, 1.165) is 12.8 Å². The standard InChI is InChI=1S/C15H20F2N2O4/c1-3-4-7-18-14(20)10-22-19-9-11-5-6-12(23-15(16)17)13(8-11)21-2/h5-6,8-9,15H,3-4,7,10H2,1-2H3,(H,18,20)/b19-9+. The van der Waals surface area contributed by atoms with Crippen LogP contribution in [0.5, 0.6) is 11.5 Å². The summed E-state index contributed by atoms with van der Waals surface area (Å²) in [5, 5.41) is 6.33. The molecule has 1 N–H and O–H groups in total. The number of carbonyl (C=O) groups excluding carboxylic acids is 1. The second kappa shape index (κ2) is 10.4. The van der Waals surface area contributed by atoms with Crippen molar-refractivity contribution in [2.45, 2.75) is 26.4 Å². The quantitative estimate of drug-likeness (QED) is 0.407. The fourth-order valence-corrected chi connectivity index (χ4v) is 1.61. The van der Waals surface area contributed by atoms with Crippen molar-refractivity contribution in [1.29, 1.82) is 0 Å². The Morgan fingerprint density at radius 1 is 1.39 bits per heavy atom. The fourth-order valence-electron chi connectivity index (χ4n) is 1.61. The predicted octanol–water partition coefficient (Wildman–Crippen LogP) is 2.56. The number of oxime groups is 1. The number of unbranched alkanes of at least 4 members (excludes halogenated alkanes) is 1. The molecule has 0 heterocycles. The minimum Gasteiger partial charge on any atom is -0.493 e. The maximum atomic E-state index is 12.2. The van der Waals surface area contributed by atoms with Crippen LogP contribution in [-0.4, -0.2) is 39.0 Å². The second-order valence-corrected chi connectivity index (χ2v) is 4.50. The molecule has 0 spiro atoms. The Hall–Kier alpha value is -2.38. The highest BCUT2D eigenvalue weighted by molar-refractivity contribution is 5.81. The average molecular weight is 330 g/mol. The highest BCUT2D eigenvalue weighted by Crippen LogP contribution is 2.28. The fraction of sp³-hybridized carbons (Fsp3) is 0.467. The largest absolute Gasteiger partial charge is 0.493 e. The Morgan fingerprint density at radius 3 is 2.83 bits per heavy atom. The molecule has 8 heteroatoms. The Balaban J connectivity index is 2.48. The van der Waals surface area contributed by atoms with Gasteiger partial charge in [-0.25, -0.2) is 0 Å². The number of benzene rings is 1. The molecular weight excluding hydrogens is 310 g/mol. The molecule has 0 aliphatic carbocycles.